The second-order valence-electron chi connectivity index (χ2n) is 8.74. The van der Waals surface area contributed by atoms with Crippen LogP contribution in [-0.4, -0.2) is 13.2 Å². The van der Waals surface area contributed by atoms with Gasteiger partial charge in [-0.2, -0.15) is 0 Å². The van der Waals surface area contributed by atoms with Crippen LogP contribution in [0.5, 0.6) is 11.5 Å². The lowest BCUT2D eigenvalue weighted by Gasteiger charge is -2.38. The van der Waals surface area contributed by atoms with E-state index in [-0.39, 0.29) is 0 Å². The fourth-order valence-corrected chi connectivity index (χ4v) is 4.59. The third kappa shape index (κ3) is 4.14. The molecule has 1 saturated carbocycles. The first kappa shape index (κ1) is 19.0. The first-order valence-corrected chi connectivity index (χ1v) is 11.0. The van der Waals surface area contributed by atoms with Crippen LogP contribution in [0.2, 0.25) is 0 Å². The number of hydrogen-bond donors (Lipinski definition) is 0. The highest BCUT2D eigenvalue weighted by atomic mass is 16.5. The Morgan fingerprint density at radius 2 is 1.13 bits per heavy atom. The summed E-state index contributed by atoms with van der Waals surface area (Å²) in [4.78, 5) is 0. The monoisotopic (exact) mass is 396 g/mol. The van der Waals surface area contributed by atoms with Crippen molar-refractivity contribution in [3.8, 4) is 11.5 Å². The van der Waals surface area contributed by atoms with E-state index in [0.29, 0.717) is 25.0 Å². The Balaban J connectivity index is 1.26. The van der Waals surface area contributed by atoms with E-state index in [9.17, 15) is 0 Å². The molecule has 0 amide bonds. The molecule has 0 N–H and O–H groups in total. The van der Waals surface area contributed by atoms with E-state index in [4.69, 9.17) is 9.47 Å². The minimum Gasteiger partial charge on any atom is -0.493 e. The Morgan fingerprint density at radius 1 is 0.667 bits per heavy atom. The molecule has 0 spiro atoms. The van der Waals surface area contributed by atoms with Gasteiger partial charge in [0.2, 0.25) is 0 Å². The molecule has 5 rings (SSSR count). The first-order chi connectivity index (χ1) is 14.7. The van der Waals surface area contributed by atoms with Crippen molar-refractivity contribution in [2.75, 3.05) is 13.2 Å². The highest BCUT2D eigenvalue weighted by Crippen LogP contribution is 2.39. The van der Waals surface area contributed by atoms with Crippen LogP contribution in [0.3, 0.4) is 0 Å². The van der Waals surface area contributed by atoms with Crippen molar-refractivity contribution in [3.05, 3.63) is 84.9 Å². The largest absolute Gasteiger partial charge is 0.493 e. The average Bonchev–Trinajstić information content (AvgIpc) is 2.77. The summed E-state index contributed by atoms with van der Waals surface area (Å²) < 4.78 is 12.5. The average molecular weight is 397 g/mol. The SMILES string of the molecule is CC1CC(C(COc2ccc3ccccc3c2)COc2ccc3ccccc3c2)C1. The number of benzene rings is 4. The zero-order valence-electron chi connectivity index (χ0n) is 17.5. The molecule has 0 unspecified atom stereocenters. The lowest BCUT2D eigenvalue weighted by molar-refractivity contribution is 0.0597. The summed E-state index contributed by atoms with van der Waals surface area (Å²) in [7, 11) is 0. The van der Waals surface area contributed by atoms with Crippen LogP contribution in [0.25, 0.3) is 21.5 Å². The van der Waals surface area contributed by atoms with E-state index < -0.39 is 0 Å². The molecule has 0 heterocycles. The molecule has 0 saturated heterocycles. The molecule has 1 fully saturated rings. The minimum atomic E-state index is 0.402. The van der Waals surface area contributed by atoms with Gasteiger partial charge >= 0.3 is 0 Å². The van der Waals surface area contributed by atoms with Crippen LogP contribution in [0.1, 0.15) is 19.8 Å². The van der Waals surface area contributed by atoms with Gasteiger partial charge in [0.15, 0.2) is 0 Å². The Bertz CT molecular complexity index is 1060. The molecule has 30 heavy (non-hydrogen) atoms. The Morgan fingerprint density at radius 3 is 1.60 bits per heavy atom. The van der Waals surface area contributed by atoms with Crippen molar-refractivity contribution in [3.63, 3.8) is 0 Å². The Labute approximate surface area is 178 Å². The van der Waals surface area contributed by atoms with Gasteiger partial charge in [-0.1, -0.05) is 67.6 Å². The molecule has 152 valence electrons. The van der Waals surface area contributed by atoms with Crippen LogP contribution < -0.4 is 9.47 Å². The summed E-state index contributed by atoms with van der Waals surface area (Å²) in [5.41, 5.74) is 0. The second kappa shape index (κ2) is 8.39. The minimum absolute atomic E-state index is 0.402. The van der Waals surface area contributed by atoms with Crippen molar-refractivity contribution in [1.29, 1.82) is 0 Å². The lowest BCUT2D eigenvalue weighted by atomic mass is 9.70. The van der Waals surface area contributed by atoms with Crippen molar-refractivity contribution < 1.29 is 9.47 Å². The first-order valence-electron chi connectivity index (χ1n) is 11.0. The summed E-state index contributed by atoms with van der Waals surface area (Å²) in [5.74, 6) is 3.78. The van der Waals surface area contributed by atoms with Gasteiger partial charge in [-0.3, -0.25) is 0 Å². The molecule has 0 atom stereocenters. The van der Waals surface area contributed by atoms with Gasteiger partial charge < -0.3 is 9.47 Å². The van der Waals surface area contributed by atoms with Gasteiger partial charge in [0.25, 0.3) is 0 Å². The third-order valence-corrected chi connectivity index (χ3v) is 6.45. The fraction of sp³-hybridized carbons (Fsp3) is 0.286. The van der Waals surface area contributed by atoms with E-state index >= 15 is 0 Å². The molecule has 0 bridgehead atoms. The van der Waals surface area contributed by atoms with Gasteiger partial charge in [-0.15, -0.1) is 0 Å². The number of ether oxygens (including phenoxy) is 2. The summed E-state index contributed by atoms with van der Waals surface area (Å²) >= 11 is 0. The van der Waals surface area contributed by atoms with E-state index in [1.54, 1.807) is 0 Å². The van der Waals surface area contributed by atoms with Gasteiger partial charge in [-0.25, -0.2) is 0 Å². The van der Waals surface area contributed by atoms with Gasteiger partial charge in [0.1, 0.15) is 11.5 Å². The van der Waals surface area contributed by atoms with Crippen LogP contribution >= 0.6 is 0 Å². The molecular formula is C28H28O2. The standard InChI is InChI=1S/C28H28O2/c1-20-14-25(15-20)26(18-29-27-12-10-21-6-2-4-8-23(21)16-27)19-30-28-13-11-22-7-3-5-9-24(22)17-28/h2-13,16-17,20,25-26H,14-15,18-19H2,1H3. The molecule has 2 nitrogen and oxygen atoms in total. The predicted octanol–water partition coefficient (Wildman–Crippen LogP) is 7.11. The maximum absolute atomic E-state index is 6.25. The molecule has 0 radical (unpaired) electrons. The smallest absolute Gasteiger partial charge is 0.119 e. The Kier molecular flexibility index (Phi) is 5.31. The van der Waals surface area contributed by atoms with Crippen molar-refractivity contribution >= 4 is 21.5 Å². The van der Waals surface area contributed by atoms with E-state index in [0.717, 1.165) is 17.4 Å². The topological polar surface area (TPSA) is 18.5 Å². The summed E-state index contributed by atoms with van der Waals surface area (Å²) in [6.45, 7) is 3.73. The quantitative estimate of drug-likeness (QED) is 0.331. The summed E-state index contributed by atoms with van der Waals surface area (Å²) in [5, 5.41) is 4.93. The zero-order chi connectivity index (χ0) is 20.3. The lowest BCUT2D eigenvalue weighted by Crippen LogP contribution is -2.35. The van der Waals surface area contributed by atoms with Gasteiger partial charge in [-0.05, 0) is 70.5 Å². The number of fused-ring (bicyclic) bond motifs is 2. The molecule has 1 aliphatic rings. The molecular weight excluding hydrogens is 368 g/mol. The van der Waals surface area contributed by atoms with Crippen LogP contribution in [-0.2, 0) is 0 Å². The number of rotatable bonds is 7. The van der Waals surface area contributed by atoms with E-state index in [1.165, 1.54) is 34.4 Å². The second-order valence-corrected chi connectivity index (χ2v) is 8.74. The van der Waals surface area contributed by atoms with Crippen LogP contribution in [0.15, 0.2) is 84.9 Å². The molecule has 4 aromatic rings. The van der Waals surface area contributed by atoms with Gasteiger partial charge in [0.05, 0.1) is 13.2 Å². The van der Waals surface area contributed by atoms with Crippen molar-refractivity contribution in [1.82, 2.24) is 0 Å². The molecule has 4 aromatic carbocycles. The highest BCUT2D eigenvalue weighted by molar-refractivity contribution is 5.84. The third-order valence-electron chi connectivity index (χ3n) is 6.45. The summed E-state index contributed by atoms with van der Waals surface area (Å²) in [6.07, 6.45) is 2.54. The zero-order valence-corrected chi connectivity index (χ0v) is 17.5. The van der Waals surface area contributed by atoms with E-state index in [1.807, 2.05) is 0 Å². The van der Waals surface area contributed by atoms with Crippen molar-refractivity contribution in [2.45, 2.75) is 19.8 Å². The molecule has 2 heteroatoms. The fourth-order valence-electron chi connectivity index (χ4n) is 4.59. The van der Waals surface area contributed by atoms with Crippen LogP contribution in [0, 0.1) is 17.8 Å². The van der Waals surface area contributed by atoms with Crippen LogP contribution in [0.4, 0.5) is 0 Å². The normalized spacial score (nSPS) is 18.5. The molecule has 0 aromatic heterocycles. The van der Waals surface area contributed by atoms with E-state index in [2.05, 4.69) is 91.9 Å². The molecule has 0 aliphatic heterocycles. The Hall–Kier alpha value is -3.00. The van der Waals surface area contributed by atoms with Gasteiger partial charge in [0, 0.05) is 5.92 Å². The maximum Gasteiger partial charge on any atom is 0.119 e. The molecule has 1 aliphatic carbocycles. The maximum atomic E-state index is 6.25. The summed E-state index contributed by atoms with van der Waals surface area (Å²) in [6, 6.07) is 29.5. The predicted molar refractivity (Wildman–Crippen MR) is 124 cm³/mol. The highest BCUT2D eigenvalue weighted by Gasteiger charge is 2.33. The van der Waals surface area contributed by atoms with Crippen molar-refractivity contribution in [2.24, 2.45) is 17.8 Å². The number of hydrogen-bond acceptors (Lipinski definition) is 2.